The van der Waals surface area contributed by atoms with Crippen molar-refractivity contribution in [1.29, 1.82) is 0 Å². The molecule has 2 atom stereocenters. The molecule has 1 aromatic rings. The molecule has 0 saturated carbocycles. The maximum absolute atomic E-state index is 12.3. The summed E-state index contributed by atoms with van der Waals surface area (Å²) in [6.45, 7) is 0.0751. The Morgan fingerprint density at radius 2 is 2.10 bits per heavy atom. The Morgan fingerprint density at radius 1 is 1.33 bits per heavy atom. The van der Waals surface area contributed by atoms with Crippen LogP contribution in [0.2, 0.25) is 0 Å². The number of amides is 1. The van der Waals surface area contributed by atoms with E-state index in [1.807, 2.05) is 6.07 Å². The molecular weight excluding hydrogens is 294 g/mol. The summed E-state index contributed by atoms with van der Waals surface area (Å²) in [7, 11) is 0. The third-order valence-corrected chi connectivity index (χ3v) is 4.78. The summed E-state index contributed by atoms with van der Waals surface area (Å²) in [4.78, 5) is 23.7. The molecule has 21 heavy (non-hydrogen) atoms. The van der Waals surface area contributed by atoms with Crippen molar-refractivity contribution >= 4 is 23.6 Å². The second kappa shape index (κ2) is 5.48. The molecule has 1 saturated heterocycles. The van der Waals surface area contributed by atoms with E-state index < -0.39 is 23.5 Å². The number of carbonyl (C=O) groups excluding carboxylic acids is 1. The highest BCUT2D eigenvalue weighted by Gasteiger charge is 2.45. The summed E-state index contributed by atoms with van der Waals surface area (Å²) in [5, 5.41) is 12.0. The van der Waals surface area contributed by atoms with Gasteiger partial charge in [0.2, 0.25) is 6.10 Å². The third kappa shape index (κ3) is 2.65. The molecule has 6 nitrogen and oxygen atoms in total. The van der Waals surface area contributed by atoms with Crippen molar-refractivity contribution in [1.82, 2.24) is 5.32 Å². The monoisotopic (exact) mass is 309 g/mol. The minimum Gasteiger partial charge on any atom is -0.485 e. The number of ether oxygens (including phenoxy) is 2. The van der Waals surface area contributed by atoms with Gasteiger partial charge in [0, 0.05) is 5.75 Å². The van der Waals surface area contributed by atoms with Crippen LogP contribution in [0.15, 0.2) is 24.3 Å². The van der Waals surface area contributed by atoms with E-state index in [0.717, 1.165) is 5.75 Å². The van der Waals surface area contributed by atoms with E-state index in [-0.39, 0.29) is 6.61 Å². The predicted octanol–water partition coefficient (Wildman–Crippen LogP) is 0.903. The first-order valence-electron chi connectivity index (χ1n) is 6.62. The van der Waals surface area contributed by atoms with Crippen LogP contribution in [0.5, 0.6) is 11.5 Å². The summed E-state index contributed by atoms with van der Waals surface area (Å²) < 4.78 is 11.1. The van der Waals surface area contributed by atoms with Crippen molar-refractivity contribution in [3.8, 4) is 11.5 Å². The van der Waals surface area contributed by atoms with E-state index in [1.165, 1.54) is 11.8 Å². The van der Waals surface area contributed by atoms with E-state index in [4.69, 9.17) is 9.47 Å². The van der Waals surface area contributed by atoms with Gasteiger partial charge in [0.1, 0.15) is 12.1 Å². The van der Waals surface area contributed by atoms with Crippen molar-refractivity contribution < 1.29 is 24.2 Å². The topological polar surface area (TPSA) is 84.9 Å². The number of thioether (sulfide) groups is 1. The fourth-order valence-corrected chi connectivity index (χ4v) is 3.68. The van der Waals surface area contributed by atoms with Gasteiger partial charge in [-0.25, -0.2) is 4.79 Å². The minimum atomic E-state index is -1.19. The van der Waals surface area contributed by atoms with Gasteiger partial charge >= 0.3 is 5.97 Å². The van der Waals surface area contributed by atoms with Crippen LogP contribution in [0.25, 0.3) is 0 Å². The molecular formula is C14H15NO5S. The molecule has 3 rings (SSSR count). The Bertz CT molecular complexity index is 570. The molecule has 0 aliphatic carbocycles. The van der Waals surface area contributed by atoms with Crippen molar-refractivity contribution in [3.05, 3.63) is 24.3 Å². The van der Waals surface area contributed by atoms with Gasteiger partial charge in [-0.1, -0.05) is 12.1 Å². The Morgan fingerprint density at radius 3 is 2.76 bits per heavy atom. The summed E-state index contributed by atoms with van der Waals surface area (Å²) in [5.74, 6) is 0.725. The number of aliphatic carboxylic acids is 1. The number of rotatable bonds is 3. The summed E-state index contributed by atoms with van der Waals surface area (Å²) in [5.41, 5.74) is -1.19. The van der Waals surface area contributed by atoms with Crippen molar-refractivity contribution in [2.45, 2.75) is 18.1 Å². The number of benzene rings is 1. The molecule has 0 spiro atoms. The molecule has 1 aromatic carbocycles. The third-order valence-electron chi connectivity index (χ3n) is 3.59. The zero-order valence-electron chi connectivity index (χ0n) is 11.2. The molecule has 2 N–H and O–H groups in total. The fourth-order valence-electron chi connectivity index (χ4n) is 2.35. The molecule has 2 aliphatic rings. The maximum Gasteiger partial charge on any atom is 0.330 e. The van der Waals surface area contributed by atoms with Crippen LogP contribution in [0.1, 0.15) is 6.42 Å². The predicted molar refractivity (Wildman–Crippen MR) is 76.8 cm³/mol. The van der Waals surface area contributed by atoms with E-state index in [2.05, 4.69) is 5.32 Å². The number of carboxylic acid groups (broad SMARTS) is 1. The first-order valence-corrected chi connectivity index (χ1v) is 7.78. The smallest absolute Gasteiger partial charge is 0.330 e. The normalized spacial score (nSPS) is 27.1. The van der Waals surface area contributed by atoms with E-state index >= 15 is 0 Å². The Kier molecular flexibility index (Phi) is 3.67. The van der Waals surface area contributed by atoms with Gasteiger partial charge < -0.3 is 19.9 Å². The lowest BCUT2D eigenvalue weighted by molar-refractivity contribution is -0.148. The lowest BCUT2D eigenvalue weighted by Crippen LogP contribution is -2.59. The highest BCUT2D eigenvalue weighted by atomic mass is 32.2. The fraction of sp³-hybridized carbons (Fsp3) is 0.429. The Labute approximate surface area is 125 Å². The van der Waals surface area contributed by atoms with Gasteiger partial charge in [0.25, 0.3) is 5.91 Å². The van der Waals surface area contributed by atoms with Crippen molar-refractivity contribution in [3.63, 3.8) is 0 Å². The average Bonchev–Trinajstić information content (AvgIpc) is 2.96. The van der Waals surface area contributed by atoms with E-state index in [1.54, 1.807) is 18.2 Å². The van der Waals surface area contributed by atoms with Crippen LogP contribution >= 0.6 is 11.8 Å². The molecule has 7 heteroatoms. The average molecular weight is 309 g/mol. The molecule has 2 heterocycles. The number of para-hydroxylation sites is 2. The second-order valence-electron chi connectivity index (χ2n) is 5.04. The number of fused-ring (bicyclic) bond motifs is 1. The standard InChI is InChI=1S/C14H15NO5S/c16-12(15-14(13(17)18)5-6-21-8-14)11-7-19-9-3-1-2-4-10(9)20-11/h1-4,11H,5-8H2,(H,15,16)(H,17,18)/t11-,14-/m1/s1. The quantitative estimate of drug-likeness (QED) is 0.863. The number of nitrogens with one attached hydrogen (secondary N) is 1. The number of hydrogen-bond donors (Lipinski definition) is 2. The number of carboxylic acids is 1. The molecule has 0 unspecified atom stereocenters. The zero-order valence-corrected chi connectivity index (χ0v) is 12.0. The van der Waals surface area contributed by atoms with Crippen LogP contribution in [-0.2, 0) is 9.59 Å². The second-order valence-corrected chi connectivity index (χ2v) is 6.15. The van der Waals surface area contributed by atoms with Crippen molar-refractivity contribution in [2.75, 3.05) is 18.1 Å². The van der Waals surface area contributed by atoms with Crippen LogP contribution < -0.4 is 14.8 Å². The van der Waals surface area contributed by atoms with Gasteiger partial charge in [-0.3, -0.25) is 4.79 Å². The first kappa shape index (κ1) is 14.1. The largest absolute Gasteiger partial charge is 0.485 e. The Hall–Kier alpha value is -1.89. The molecule has 0 radical (unpaired) electrons. The molecule has 1 amide bonds. The SMILES string of the molecule is O=C(N[C@]1(C(=O)O)CCSC1)[C@H]1COc2ccccc2O1. The van der Waals surface area contributed by atoms with E-state index in [9.17, 15) is 14.7 Å². The van der Waals surface area contributed by atoms with Gasteiger partial charge in [-0.15, -0.1) is 0 Å². The van der Waals surface area contributed by atoms with Crippen molar-refractivity contribution in [2.24, 2.45) is 0 Å². The number of carbonyl (C=O) groups is 2. The van der Waals surface area contributed by atoms with Gasteiger partial charge in [0.15, 0.2) is 11.5 Å². The first-order chi connectivity index (χ1) is 10.1. The Balaban J connectivity index is 1.71. The van der Waals surface area contributed by atoms with E-state index in [0.29, 0.717) is 23.7 Å². The summed E-state index contributed by atoms with van der Waals surface area (Å²) >= 11 is 1.52. The minimum absolute atomic E-state index is 0.0751. The summed E-state index contributed by atoms with van der Waals surface area (Å²) in [6, 6.07) is 7.08. The lowest BCUT2D eigenvalue weighted by atomic mass is 9.99. The molecule has 0 aromatic heterocycles. The van der Waals surface area contributed by atoms with Gasteiger partial charge in [-0.2, -0.15) is 11.8 Å². The van der Waals surface area contributed by atoms with Crippen LogP contribution in [0, 0.1) is 0 Å². The highest BCUT2D eigenvalue weighted by Crippen LogP contribution is 2.32. The van der Waals surface area contributed by atoms with Gasteiger partial charge in [-0.05, 0) is 24.3 Å². The highest BCUT2D eigenvalue weighted by molar-refractivity contribution is 7.99. The van der Waals surface area contributed by atoms with Crippen LogP contribution in [0.3, 0.4) is 0 Å². The molecule has 112 valence electrons. The lowest BCUT2D eigenvalue weighted by Gasteiger charge is -2.30. The molecule has 1 fully saturated rings. The zero-order chi connectivity index (χ0) is 14.9. The molecule has 0 bridgehead atoms. The van der Waals surface area contributed by atoms with Crippen LogP contribution in [-0.4, -0.2) is 46.7 Å². The number of hydrogen-bond acceptors (Lipinski definition) is 5. The van der Waals surface area contributed by atoms with Gasteiger partial charge in [0.05, 0.1) is 0 Å². The summed E-state index contributed by atoms with van der Waals surface area (Å²) in [6.07, 6.45) is -0.412. The molecule has 2 aliphatic heterocycles. The van der Waals surface area contributed by atoms with Crippen LogP contribution in [0.4, 0.5) is 0 Å². The maximum atomic E-state index is 12.3.